The topological polar surface area (TPSA) is 106 Å². The number of piperazine rings is 1. The summed E-state index contributed by atoms with van der Waals surface area (Å²) in [6.07, 6.45) is 1.36. The highest BCUT2D eigenvalue weighted by Crippen LogP contribution is 2.06. The van der Waals surface area contributed by atoms with Crippen molar-refractivity contribution in [3.05, 3.63) is 11.8 Å². The third-order valence-electron chi connectivity index (χ3n) is 3.25. The molecule has 0 spiro atoms. The SMILES string of the molecule is CC(=O)NCCN/C=C(/C#N)C(=O)N1CCN(C(C)=O)CC1. The molecular weight excluding hydrogens is 286 g/mol. The van der Waals surface area contributed by atoms with E-state index < -0.39 is 0 Å². The number of amides is 3. The second-order valence-electron chi connectivity index (χ2n) is 4.91. The van der Waals surface area contributed by atoms with Crippen LogP contribution in [-0.4, -0.2) is 66.8 Å². The van der Waals surface area contributed by atoms with Crippen molar-refractivity contribution in [3.8, 4) is 6.07 Å². The molecule has 2 N–H and O–H groups in total. The predicted molar refractivity (Wildman–Crippen MR) is 79.2 cm³/mol. The van der Waals surface area contributed by atoms with Gasteiger partial charge in [-0.15, -0.1) is 0 Å². The number of hydrogen-bond donors (Lipinski definition) is 2. The summed E-state index contributed by atoms with van der Waals surface area (Å²) in [5.41, 5.74) is 0.0131. The number of carbonyl (C=O) groups is 3. The Bertz CT molecular complexity index is 501. The van der Waals surface area contributed by atoms with Crippen LogP contribution in [0.25, 0.3) is 0 Å². The second kappa shape index (κ2) is 8.67. The van der Waals surface area contributed by atoms with Gasteiger partial charge in [-0.05, 0) is 0 Å². The number of rotatable bonds is 5. The van der Waals surface area contributed by atoms with Gasteiger partial charge in [-0.1, -0.05) is 0 Å². The molecule has 1 rings (SSSR count). The smallest absolute Gasteiger partial charge is 0.266 e. The Labute approximate surface area is 129 Å². The highest BCUT2D eigenvalue weighted by Gasteiger charge is 2.24. The van der Waals surface area contributed by atoms with E-state index in [-0.39, 0.29) is 23.3 Å². The van der Waals surface area contributed by atoms with Gasteiger partial charge in [0.2, 0.25) is 11.8 Å². The molecule has 8 heteroatoms. The van der Waals surface area contributed by atoms with E-state index in [1.165, 1.54) is 20.0 Å². The van der Waals surface area contributed by atoms with Gasteiger partial charge in [0.05, 0.1) is 0 Å². The van der Waals surface area contributed by atoms with E-state index in [0.717, 1.165) is 0 Å². The van der Waals surface area contributed by atoms with E-state index in [1.54, 1.807) is 9.80 Å². The van der Waals surface area contributed by atoms with Gasteiger partial charge in [0, 0.05) is 59.3 Å². The zero-order valence-corrected chi connectivity index (χ0v) is 12.9. The second-order valence-corrected chi connectivity index (χ2v) is 4.91. The first-order chi connectivity index (χ1) is 10.5. The van der Waals surface area contributed by atoms with Gasteiger partial charge < -0.3 is 20.4 Å². The van der Waals surface area contributed by atoms with Crippen LogP contribution in [-0.2, 0) is 14.4 Å². The first-order valence-electron chi connectivity index (χ1n) is 7.08. The largest absolute Gasteiger partial charge is 0.388 e. The molecule has 1 aliphatic heterocycles. The lowest BCUT2D eigenvalue weighted by Gasteiger charge is -2.34. The van der Waals surface area contributed by atoms with Crippen LogP contribution in [0.1, 0.15) is 13.8 Å². The molecule has 0 aromatic rings. The lowest BCUT2D eigenvalue weighted by atomic mass is 10.2. The minimum Gasteiger partial charge on any atom is -0.388 e. The maximum Gasteiger partial charge on any atom is 0.266 e. The van der Waals surface area contributed by atoms with Crippen molar-refractivity contribution in [2.45, 2.75) is 13.8 Å². The quantitative estimate of drug-likeness (QED) is 0.377. The molecule has 0 saturated carbocycles. The van der Waals surface area contributed by atoms with Gasteiger partial charge in [-0.2, -0.15) is 5.26 Å². The zero-order chi connectivity index (χ0) is 16.5. The molecule has 1 fully saturated rings. The average Bonchev–Trinajstić information content (AvgIpc) is 2.50. The van der Waals surface area contributed by atoms with Crippen LogP contribution in [0, 0.1) is 11.3 Å². The minimum absolute atomic E-state index is 0.0113. The van der Waals surface area contributed by atoms with Crippen molar-refractivity contribution < 1.29 is 14.4 Å². The number of nitrogens with one attached hydrogen (secondary N) is 2. The Balaban J connectivity index is 2.46. The number of carbonyl (C=O) groups excluding carboxylic acids is 3. The Morgan fingerprint density at radius 3 is 2.18 bits per heavy atom. The molecular formula is C14H21N5O3. The molecule has 0 bridgehead atoms. The van der Waals surface area contributed by atoms with E-state index >= 15 is 0 Å². The molecule has 0 aromatic heterocycles. The fourth-order valence-electron chi connectivity index (χ4n) is 2.02. The van der Waals surface area contributed by atoms with Crippen LogP contribution in [0.5, 0.6) is 0 Å². The van der Waals surface area contributed by atoms with Gasteiger partial charge in [0.1, 0.15) is 11.6 Å². The molecule has 1 heterocycles. The number of nitriles is 1. The summed E-state index contributed by atoms with van der Waals surface area (Å²) in [5, 5.41) is 14.5. The van der Waals surface area contributed by atoms with E-state index in [2.05, 4.69) is 10.6 Å². The summed E-state index contributed by atoms with van der Waals surface area (Å²) in [4.78, 5) is 37.4. The summed E-state index contributed by atoms with van der Waals surface area (Å²) < 4.78 is 0. The van der Waals surface area contributed by atoms with Crippen LogP contribution in [0.2, 0.25) is 0 Å². The maximum absolute atomic E-state index is 12.2. The van der Waals surface area contributed by atoms with Crippen LogP contribution >= 0.6 is 0 Å². The van der Waals surface area contributed by atoms with Crippen molar-refractivity contribution in [1.29, 1.82) is 5.26 Å². The molecule has 8 nitrogen and oxygen atoms in total. The number of hydrogen-bond acceptors (Lipinski definition) is 5. The van der Waals surface area contributed by atoms with Gasteiger partial charge in [0.25, 0.3) is 5.91 Å². The van der Waals surface area contributed by atoms with Gasteiger partial charge in [0.15, 0.2) is 0 Å². The molecule has 3 amide bonds. The molecule has 0 aromatic carbocycles. The van der Waals surface area contributed by atoms with Crippen molar-refractivity contribution in [2.24, 2.45) is 0 Å². The predicted octanol–water partition coefficient (Wildman–Crippen LogP) is -1.19. The van der Waals surface area contributed by atoms with E-state index in [0.29, 0.717) is 39.3 Å². The Morgan fingerprint density at radius 1 is 1.09 bits per heavy atom. The van der Waals surface area contributed by atoms with Crippen molar-refractivity contribution in [2.75, 3.05) is 39.3 Å². The van der Waals surface area contributed by atoms with Gasteiger partial charge in [-0.25, -0.2) is 0 Å². The lowest BCUT2D eigenvalue weighted by Crippen LogP contribution is -2.50. The third kappa shape index (κ3) is 5.44. The normalized spacial score (nSPS) is 15.0. The molecule has 22 heavy (non-hydrogen) atoms. The molecule has 1 aliphatic rings. The molecule has 0 radical (unpaired) electrons. The molecule has 1 saturated heterocycles. The summed E-state index contributed by atoms with van der Waals surface area (Å²) in [6, 6.07) is 1.87. The zero-order valence-electron chi connectivity index (χ0n) is 12.9. The highest BCUT2D eigenvalue weighted by atomic mass is 16.2. The number of nitrogens with zero attached hydrogens (tertiary/aromatic N) is 3. The Kier molecular flexibility index (Phi) is 6.89. The van der Waals surface area contributed by atoms with E-state index in [9.17, 15) is 14.4 Å². The Morgan fingerprint density at radius 2 is 1.68 bits per heavy atom. The molecule has 0 aliphatic carbocycles. The monoisotopic (exact) mass is 307 g/mol. The summed E-state index contributed by atoms with van der Waals surface area (Å²) in [6.45, 7) is 5.56. The van der Waals surface area contributed by atoms with Crippen molar-refractivity contribution in [1.82, 2.24) is 20.4 Å². The fraction of sp³-hybridized carbons (Fsp3) is 0.571. The van der Waals surface area contributed by atoms with E-state index in [1.807, 2.05) is 6.07 Å². The summed E-state index contributed by atoms with van der Waals surface area (Å²) >= 11 is 0. The van der Waals surface area contributed by atoms with Crippen molar-refractivity contribution >= 4 is 17.7 Å². The lowest BCUT2D eigenvalue weighted by molar-refractivity contribution is -0.136. The first kappa shape index (κ1) is 17.5. The van der Waals surface area contributed by atoms with Crippen molar-refractivity contribution in [3.63, 3.8) is 0 Å². The average molecular weight is 307 g/mol. The van der Waals surface area contributed by atoms with Crippen LogP contribution in [0.4, 0.5) is 0 Å². The van der Waals surface area contributed by atoms with Gasteiger partial charge in [-0.3, -0.25) is 14.4 Å². The van der Waals surface area contributed by atoms with Crippen LogP contribution in [0.15, 0.2) is 11.8 Å². The molecule has 0 atom stereocenters. The fourth-order valence-corrected chi connectivity index (χ4v) is 2.02. The minimum atomic E-state index is -0.349. The Hall–Kier alpha value is -2.56. The van der Waals surface area contributed by atoms with E-state index in [4.69, 9.17) is 5.26 Å². The highest BCUT2D eigenvalue weighted by molar-refractivity contribution is 5.97. The first-order valence-corrected chi connectivity index (χ1v) is 7.08. The third-order valence-corrected chi connectivity index (χ3v) is 3.25. The van der Waals surface area contributed by atoms with Gasteiger partial charge >= 0.3 is 0 Å². The molecule has 0 unspecified atom stereocenters. The standard InChI is InChI=1S/C14H21N5O3/c1-11(20)17-4-3-16-10-13(9-15)14(22)19-7-5-18(6-8-19)12(2)21/h10,16H,3-8H2,1-2H3,(H,17,20)/b13-10-. The van der Waals surface area contributed by atoms with Crippen LogP contribution in [0.3, 0.4) is 0 Å². The molecule has 120 valence electrons. The summed E-state index contributed by atoms with van der Waals surface area (Å²) in [7, 11) is 0. The van der Waals surface area contributed by atoms with Crippen LogP contribution < -0.4 is 10.6 Å². The summed E-state index contributed by atoms with van der Waals surface area (Å²) in [5.74, 6) is -0.494. The maximum atomic E-state index is 12.2.